The number of hydrogen-bond acceptors (Lipinski definition) is 5. The normalized spacial score (nSPS) is 24.5. The highest BCUT2D eigenvalue weighted by atomic mass is 15.3. The van der Waals surface area contributed by atoms with Gasteiger partial charge >= 0.3 is 0 Å². The van der Waals surface area contributed by atoms with Crippen LogP contribution in [0.1, 0.15) is 48.4 Å². The zero-order chi connectivity index (χ0) is 18.4. The molecule has 5 nitrogen and oxygen atoms in total. The summed E-state index contributed by atoms with van der Waals surface area (Å²) in [6.07, 6.45) is 6.01. The van der Waals surface area contributed by atoms with Crippen LogP contribution in [0.5, 0.6) is 0 Å². The Bertz CT molecular complexity index is 818. The minimum Gasteiger partial charge on any atom is -0.368 e. The van der Waals surface area contributed by atoms with E-state index in [0.717, 1.165) is 31.7 Å². The maximum absolute atomic E-state index is 6.17. The molecular weight excluding hydrogens is 334 g/mol. The second-order valence-electron chi connectivity index (χ2n) is 8.78. The number of aromatic nitrogens is 2. The molecule has 2 aliphatic heterocycles. The first-order valence-electron chi connectivity index (χ1n) is 10.3. The van der Waals surface area contributed by atoms with Gasteiger partial charge in [-0.1, -0.05) is 30.3 Å². The van der Waals surface area contributed by atoms with Crippen LogP contribution in [0.3, 0.4) is 0 Å². The van der Waals surface area contributed by atoms with Gasteiger partial charge in [-0.3, -0.25) is 0 Å². The molecule has 1 spiro atoms. The summed E-state index contributed by atoms with van der Waals surface area (Å²) in [6, 6.07) is 10.8. The first kappa shape index (κ1) is 17.0. The summed E-state index contributed by atoms with van der Waals surface area (Å²) in [6.45, 7) is 4.68. The van der Waals surface area contributed by atoms with Crippen LogP contribution in [0, 0.1) is 5.41 Å². The third-order valence-electron chi connectivity index (χ3n) is 6.89. The second kappa shape index (κ2) is 6.48. The summed E-state index contributed by atoms with van der Waals surface area (Å²) >= 11 is 0. The molecule has 5 rings (SSSR count). The van der Waals surface area contributed by atoms with E-state index in [9.17, 15) is 0 Å². The number of nitrogen functional groups attached to an aromatic ring is 1. The number of rotatable bonds is 2. The van der Waals surface area contributed by atoms with Gasteiger partial charge in [0.25, 0.3) is 0 Å². The van der Waals surface area contributed by atoms with E-state index in [-0.39, 0.29) is 0 Å². The van der Waals surface area contributed by atoms with Crippen molar-refractivity contribution >= 4 is 11.8 Å². The number of nitrogens with two attached hydrogens (primary N) is 1. The fourth-order valence-electron chi connectivity index (χ4n) is 5.25. The zero-order valence-corrected chi connectivity index (χ0v) is 16.2. The van der Waals surface area contributed by atoms with Gasteiger partial charge in [0.15, 0.2) is 0 Å². The Morgan fingerprint density at radius 3 is 2.56 bits per heavy atom. The van der Waals surface area contributed by atoms with Crippen LogP contribution in [0.4, 0.5) is 11.8 Å². The molecular formula is C22H29N5. The first-order valence-corrected chi connectivity index (χ1v) is 10.3. The van der Waals surface area contributed by atoms with Crippen molar-refractivity contribution in [3.05, 3.63) is 47.2 Å². The molecule has 1 unspecified atom stereocenters. The predicted molar refractivity (Wildman–Crippen MR) is 109 cm³/mol. The van der Waals surface area contributed by atoms with Gasteiger partial charge in [-0.2, -0.15) is 4.98 Å². The van der Waals surface area contributed by atoms with E-state index in [1.807, 2.05) is 0 Å². The maximum atomic E-state index is 6.17. The largest absolute Gasteiger partial charge is 0.368 e. The molecule has 142 valence electrons. The molecule has 2 fully saturated rings. The summed E-state index contributed by atoms with van der Waals surface area (Å²) < 4.78 is 0. The fourth-order valence-corrected chi connectivity index (χ4v) is 5.25. The van der Waals surface area contributed by atoms with Crippen molar-refractivity contribution in [3.63, 3.8) is 0 Å². The number of fused-ring (bicyclic) bond motifs is 1. The molecule has 0 saturated carbocycles. The SMILES string of the molecule is CN1CCC2(CC1)CN(c1nc(N)nc3c1CCCC3c1ccccc1)C2. The van der Waals surface area contributed by atoms with Crippen LogP contribution in [0.2, 0.25) is 0 Å². The smallest absolute Gasteiger partial charge is 0.222 e. The van der Waals surface area contributed by atoms with Crippen LogP contribution >= 0.6 is 0 Å². The summed E-state index contributed by atoms with van der Waals surface area (Å²) in [5.74, 6) is 1.89. The molecule has 1 aromatic heterocycles. The number of benzene rings is 1. The van der Waals surface area contributed by atoms with Crippen molar-refractivity contribution in [1.29, 1.82) is 0 Å². The highest BCUT2D eigenvalue weighted by Crippen LogP contribution is 2.45. The Hall–Kier alpha value is -2.14. The van der Waals surface area contributed by atoms with E-state index in [4.69, 9.17) is 15.7 Å². The zero-order valence-electron chi connectivity index (χ0n) is 16.2. The predicted octanol–water partition coefficient (Wildman–Crippen LogP) is 3.06. The van der Waals surface area contributed by atoms with Crippen molar-refractivity contribution in [2.75, 3.05) is 43.9 Å². The standard InChI is InChI=1S/C22H29N5/c1-26-12-10-22(11-13-26)14-27(15-22)20-18-9-5-8-17(16-6-3-2-4-7-16)19(18)24-21(23)25-20/h2-4,6-7,17H,5,8-15H2,1H3,(H2,23,24,25). The molecule has 27 heavy (non-hydrogen) atoms. The van der Waals surface area contributed by atoms with Crippen LogP contribution in [-0.2, 0) is 6.42 Å². The van der Waals surface area contributed by atoms with Gasteiger partial charge in [-0.25, -0.2) is 4.98 Å². The average molecular weight is 364 g/mol. The molecule has 0 amide bonds. The average Bonchev–Trinajstić information content (AvgIpc) is 2.67. The maximum Gasteiger partial charge on any atom is 0.222 e. The Labute approximate surface area is 161 Å². The Kier molecular flexibility index (Phi) is 4.08. The van der Waals surface area contributed by atoms with Crippen LogP contribution in [-0.4, -0.2) is 48.1 Å². The number of piperidine rings is 1. The van der Waals surface area contributed by atoms with Gasteiger partial charge in [0, 0.05) is 30.0 Å². The minimum absolute atomic E-state index is 0.345. The number of anilines is 2. The molecule has 1 aliphatic carbocycles. The molecule has 1 aromatic carbocycles. The van der Waals surface area contributed by atoms with Crippen LogP contribution in [0.15, 0.2) is 30.3 Å². The molecule has 3 aliphatic rings. The molecule has 1 atom stereocenters. The highest BCUT2D eigenvalue weighted by Gasteiger charge is 2.46. The topological polar surface area (TPSA) is 58.3 Å². The van der Waals surface area contributed by atoms with Crippen molar-refractivity contribution < 1.29 is 0 Å². The molecule has 2 aromatic rings. The Balaban J connectivity index is 1.45. The lowest BCUT2D eigenvalue weighted by Gasteiger charge is -2.54. The van der Waals surface area contributed by atoms with E-state index in [1.54, 1.807) is 0 Å². The van der Waals surface area contributed by atoms with E-state index in [1.165, 1.54) is 49.2 Å². The molecule has 2 saturated heterocycles. The second-order valence-corrected chi connectivity index (χ2v) is 8.78. The summed E-state index contributed by atoms with van der Waals surface area (Å²) in [5.41, 5.74) is 10.5. The van der Waals surface area contributed by atoms with Crippen LogP contribution in [0.25, 0.3) is 0 Å². The quantitative estimate of drug-likeness (QED) is 0.889. The van der Waals surface area contributed by atoms with E-state index < -0.39 is 0 Å². The van der Waals surface area contributed by atoms with Crippen molar-refractivity contribution in [3.8, 4) is 0 Å². The third kappa shape index (κ3) is 2.98. The lowest BCUT2D eigenvalue weighted by Crippen LogP contribution is -2.60. The number of nitrogens with zero attached hydrogens (tertiary/aromatic N) is 4. The summed E-state index contributed by atoms with van der Waals surface area (Å²) in [5, 5.41) is 0. The molecule has 5 heteroatoms. The van der Waals surface area contributed by atoms with Crippen molar-refractivity contribution in [2.45, 2.75) is 38.0 Å². The molecule has 0 bridgehead atoms. The molecule has 2 N–H and O–H groups in total. The minimum atomic E-state index is 0.345. The summed E-state index contributed by atoms with van der Waals surface area (Å²) in [4.78, 5) is 14.3. The van der Waals surface area contributed by atoms with E-state index in [0.29, 0.717) is 17.3 Å². The fraction of sp³-hybridized carbons (Fsp3) is 0.545. The lowest BCUT2D eigenvalue weighted by molar-refractivity contribution is 0.0899. The van der Waals surface area contributed by atoms with Crippen LogP contribution < -0.4 is 10.6 Å². The summed E-state index contributed by atoms with van der Waals surface area (Å²) in [7, 11) is 2.23. The van der Waals surface area contributed by atoms with E-state index >= 15 is 0 Å². The van der Waals surface area contributed by atoms with Gasteiger partial charge in [0.1, 0.15) is 5.82 Å². The van der Waals surface area contributed by atoms with E-state index in [2.05, 4.69) is 47.2 Å². The molecule has 3 heterocycles. The monoisotopic (exact) mass is 363 g/mol. The van der Waals surface area contributed by atoms with Gasteiger partial charge in [0.05, 0.1) is 5.69 Å². The number of hydrogen-bond donors (Lipinski definition) is 1. The van der Waals surface area contributed by atoms with Gasteiger partial charge in [-0.05, 0) is 57.8 Å². The van der Waals surface area contributed by atoms with Crippen molar-refractivity contribution in [2.24, 2.45) is 5.41 Å². The highest BCUT2D eigenvalue weighted by molar-refractivity contribution is 5.57. The Morgan fingerprint density at radius 2 is 1.81 bits per heavy atom. The van der Waals surface area contributed by atoms with Gasteiger partial charge in [0.2, 0.25) is 5.95 Å². The van der Waals surface area contributed by atoms with Gasteiger partial charge < -0.3 is 15.5 Å². The van der Waals surface area contributed by atoms with Gasteiger partial charge in [-0.15, -0.1) is 0 Å². The Morgan fingerprint density at radius 1 is 1.07 bits per heavy atom. The van der Waals surface area contributed by atoms with Crippen molar-refractivity contribution in [1.82, 2.24) is 14.9 Å². The first-order chi connectivity index (χ1) is 13.1. The number of likely N-dealkylation sites (tertiary alicyclic amines) is 1. The lowest BCUT2D eigenvalue weighted by atomic mass is 9.71. The molecule has 0 radical (unpaired) electrons. The third-order valence-corrected chi connectivity index (χ3v) is 6.89.